The number of thiophene rings is 1. The van der Waals surface area contributed by atoms with Gasteiger partial charge in [0, 0.05) is 18.1 Å². The van der Waals surface area contributed by atoms with Gasteiger partial charge < -0.3 is 11.5 Å². The van der Waals surface area contributed by atoms with Crippen molar-refractivity contribution < 1.29 is 14.4 Å². The van der Waals surface area contributed by atoms with Crippen LogP contribution in [-0.2, 0) is 4.84 Å². The van der Waals surface area contributed by atoms with Gasteiger partial charge in [-0.15, -0.1) is 11.3 Å². The van der Waals surface area contributed by atoms with Gasteiger partial charge in [0.05, 0.1) is 18.4 Å². The maximum atomic E-state index is 12.3. The molecule has 2 heterocycles. The number of aromatic nitrogens is 1. The summed E-state index contributed by atoms with van der Waals surface area (Å²) in [5.74, 6) is -1.01. The van der Waals surface area contributed by atoms with Gasteiger partial charge in [0.25, 0.3) is 11.8 Å². The second-order valence-electron chi connectivity index (χ2n) is 4.19. The van der Waals surface area contributed by atoms with E-state index in [9.17, 15) is 9.59 Å². The minimum Gasteiger partial charge on any atom is -0.397 e. The fourth-order valence-corrected chi connectivity index (χ4v) is 2.87. The van der Waals surface area contributed by atoms with Gasteiger partial charge in [-0.2, -0.15) is 0 Å². The highest BCUT2D eigenvalue weighted by Crippen LogP contribution is 2.35. The first kappa shape index (κ1) is 14.2. The molecule has 0 spiro atoms. The number of anilines is 1. The SMILES string of the molecule is CON(C)C(=O)c1cc(C)nc2sc(C(N)=O)c(N)c12. The molecular formula is C12H14N4O3S. The second kappa shape index (κ2) is 5.06. The molecule has 0 saturated carbocycles. The highest BCUT2D eigenvalue weighted by Gasteiger charge is 2.23. The second-order valence-corrected chi connectivity index (χ2v) is 5.18. The van der Waals surface area contributed by atoms with Crippen LogP contribution < -0.4 is 11.5 Å². The smallest absolute Gasteiger partial charge is 0.278 e. The van der Waals surface area contributed by atoms with E-state index in [0.29, 0.717) is 21.5 Å². The Kier molecular flexibility index (Phi) is 3.60. The Balaban J connectivity index is 2.77. The third-order valence-corrected chi connectivity index (χ3v) is 3.96. The predicted octanol–water partition coefficient (Wildman–Crippen LogP) is 0.919. The average molecular weight is 294 g/mol. The molecule has 2 aromatic rings. The summed E-state index contributed by atoms with van der Waals surface area (Å²) in [7, 11) is 2.87. The number of amides is 2. The van der Waals surface area contributed by atoms with Gasteiger partial charge in [-0.25, -0.2) is 10.0 Å². The van der Waals surface area contributed by atoms with Gasteiger partial charge in [-0.1, -0.05) is 0 Å². The van der Waals surface area contributed by atoms with Gasteiger partial charge in [0.2, 0.25) is 0 Å². The van der Waals surface area contributed by atoms with Crippen molar-refractivity contribution in [2.24, 2.45) is 5.73 Å². The van der Waals surface area contributed by atoms with Crippen molar-refractivity contribution in [2.75, 3.05) is 19.9 Å². The van der Waals surface area contributed by atoms with Crippen LogP contribution in [0.1, 0.15) is 25.7 Å². The van der Waals surface area contributed by atoms with Crippen molar-refractivity contribution in [3.05, 3.63) is 22.2 Å². The Bertz CT molecular complexity index is 710. The first-order valence-corrected chi connectivity index (χ1v) is 6.50. The zero-order chi connectivity index (χ0) is 15.0. The molecule has 2 amide bonds. The highest BCUT2D eigenvalue weighted by atomic mass is 32.1. The maximum absolute atomic E-state index is 12.3. The number of aryl methyl sites for hydroxylation is 1. The van der Waals surface area contributed by atoms with E-state index in [1.165, 1.54) is 14.2 Å². The molecule has 4 N–H and O–H groups in total. The molecule has 2 aromatic heterocycles. The zero-order valence-corrected chi connectivity index (χ0v) is 12.1. The number of nitrogen functional groups attached to an aromatic ring is 1. The quantitative estimate of drug-likeness (QED) is 0.817. The third-order valence-electron chi connectivity index (χ3n) is 2.84. The highest BCUT2D eigenvalue weighted by molar-refractivity contribution is 7.21. The number of pyridine rings is 1. The number of primary amides is 1. The molecule has 0 aromatic carbocycles. The molecule has 20 heavy (non-hydrogen) atoms. The minimum atomic E-state index is -0.637. The molecule has 2 rings (SSSR count). The summed E-state index contributed by atoms with van der Waals surface area (Å²) in [4.78, 5) is 33.5. The van der Waals surface area contributed by atoms with Crippen LogP contribution in [0.2, 0.25) is 0 Å². The Hall–Kier alpha value is -2.19. The number of nitrogens with two attached hydrogens (primary N) is 2. The molecule has 0 bridgehead atoms. The van der Waals surface area contributed by atoms with E-state index in [1.807, 2.05) is 0 Å². The summed E-state index contributed by atoms with van der Waals surface area (Å²) in [6, 6.07) is 1.61. The van der Waals surface area contributed by atoms with Crippen molar-refractivity contribution in [2.45, 2.75) is 6.92 Å². The lowest BCUT2D eigenvalue weighted by Crippen LogP contribution is -2.25. The lowest BCUT2D eigenvalue weighted by atomic mass is 10.1. The predicted molar refractivity (Wildman–Crippen MR) is 76.4 cm³/mol. The van der Waals surface area contributed by atoms with Gasteiger partial charge >= 0.3 is 0 Å². The van der Waals surface area contributed by atoms with E-state index in [2.05, 4.69) is 4.98 Å². The number of hydrogen-bond donors (Lipinski definition) is 2. The number of hydrogen-bond acceptors (Lipinski definition) is 6. The van der Waals surface area contributed by atoms with Gasteiger partial charge in [-0.05, 0) is 13.0 Å². The Morgan fingerprint density at radius 1 is 1.45 bits per heavy atom. The molecule has 0 aliphatic carbocycles. The van der Waals surface area contributed by atoms with Crippen LogP contribution in [0.4, 0.5) is 5.69 Å². The van der Waals surface area contributed by atoms with Crippen LogP contribution in [0.25, 0.3) is 10.2 Å². The minimum absolute atomic E-state index is 0.179. The van der Waals surface area contributed by atoms with E-state index in [0.717, 1.165) is 16.4 Å². The number of fused-ring (bicyclic) bond motifs is 1. The average Bonchev–Trinajstić information content (AvgIpc) is 2.73. The lowest BCUT2D eigenvalue weighted by Gasteiger charge is -2.14. The van der Waals surface area contributed by atoms with Crippen LogP contribution in [-0.4, -0.2) is 36.0 Å². The zero-order valence-electron chi connectivity index (χ0n) is 11.3. The van der Waals surface area contributed by atoms with E-state index in [-0.39, 0.29) is 16.5 Å². The van der Waals surface area contributed by atoms with Gasteiger partial charge in [-0.3, -0.25) is 14.4 Å². The Morgan fingerprint density at radius 3 is 2.65 bits per heavy atom. The molecule has 0 aliphatic rings. The molecule has 0 radical (unpaired) electrons. The lowest BCUT2D eigenvalue weighted by molar-refractivity contribution is -0.0755. The Morgan fingerprint density at radius 2 is 2.10 bits per heavy atom. The topological polar surface area (TPSA) is 112 Å². The van der Waals surface area contributed by atoms with E-state index >= 15 is 0 Å². The van der Waals surface area contributed by atoms with Crippen LogP contribution in [0.5, 0.6) is 0 Å². The van der Waals surface area contributed by atoms with Crippen molar-refractivity contribution in [1.29, 1.82) is 0 Å². The molecule has 7 nitrogen and oxygen atoms in total. The number of carbonyl (C=O) groups is 2. The standard InChI is InChI=1S/C12H14N4O3S/c1-5-4-6(12(18)16(2)19-3)7-8(13)9(10(14)17)20-11(7)15-5/h4H,13H2,1-3H3,(H2,14,17). The molecule has 0 atom stereocenters. The van der Waals surface area contributed by atoms with Crippen molar-refractivity contribution in [3.63, 3.8) is 0 Å². The van der Waals surface area contributed by atoms with Gasteiger partial charge in [0.15, 0.2) is 0 Å². The monoisotopic (exact) mass is 294 g/mol. The van der Waals surface area contributed by atoms with E-state index < -0.39 is 5.91 Å². The van der Waals surface area contributed by atoms with Crippen molar-refractivity contribution in [1.82, 2.24) is 10.0 Å². The largest absolute Gasteiger partial charge is 0.397 e. The Labute approximate surface area is 119 Å². The molecule has 0 unspecified atom stereocenters. The number of rotatable bonds is 3. The third kappa shape index (κ3) is 2.19. The molecule has 0 fully saturated rings. The summed E-state index contributed by atoms with van der Waals surface area (Å²) in [6.07, 6.45) is 0. The molecule has 106 valence electrons. The number of nitrogens with zero attached hydrogens (tertiary/aromatic N) is 2. The summed E-state index contributed by atoms with van der Waals surface area (Å²) in [5, 5.41) is 1.51. The van der Waals surface area contributed by atoms with Crippen LogP contribution in [0, 0.1) is 6.92 Å². The maximum Gasteiger partial charge on any atom is 0.278 e. The first-order valence-electron chi connectivity index (χ1n) is 5.68. The summed E-state index contributed by atoms with van der Waals surface area (Å²) < 4.78 is 0. The molecular weight excluding hydrogens is 280 g/mol. The van der Waals surface area contributed by atoms with E-state index in [1.54, 1.807) is 13.0 Å². The fourth-order valence-electron chi connectivity index (χ4n) is 1.85. The normalized spacial score (nSPS) is 10.8. The van der Waals surface area contributed by atoms with Crippen molar-refractivity contribution in [3.8, 4) is 0 Å². The molecule has 8 heteroatoms. The van der Waals surface area contributed by atoms with Crippen LogP contribution in [0.15, 0.2) is 6.07 Å². The van der Waals surface area contributed by atoms with Crippen molar-refractivity contribution >= 4 is 39.1 Å². The van der Waals surface area contributed by atoms with Crippen LogP contribution in [0.3, 0.4) is 0 Å². The molecule has 0 saturated heterocycles. The summed E-state index contributed by atoms with van der Waals surface area (Å²) >= 11 is 1.07. The van der Waals surface area contributed by atoms with E-state index in [4.69, 9.17) is 16.3 Å². The number of hydroxylamine groups is 2. The molecule has 0 aliphatic heterocycles. The fraction of sp³-hybridized carbons (Fsp3) is 0.250. The first-order chi connectivity index (χ1) is 9.36. The van der Waals surface area contributed by atoms with Gasteiger partial charge in [0.1, 0.15) is 9.71 Å². The number of carbonyl (C=O) groups excluding carboxylic acids is 2. The summed E-state index contributed by atoms with van der Waals surface area (Å²) in [5.41, 5.74) is 12.4. The van der Waals surface area contributed by atoms with Crippen LogP contribution >= 0.6 is 11.3 Å². The summed E-state index contributed by atoms with van der Waals surface area (Å²) in [6.45, 7) is 1.75.